The molecule has 0 aliphatic heterocycles. The zero-order valence-corrected chi connectivity index (χ0v) is 7.13. The van der Waals surface area contributed by atoms with Crippen LogP contribution in [0.15, 0.2) is 4.99 Å². The first-order valence-electron chi connectivity index (χ1n) is 3.42. The Labute approximate surface area is 70.5 Å². The number of nitrogens with zero attached hydrogens (tertiary/aromatic N) is 3. The van der Waals surface area contributed by atoms with Gasteiger partial charge in [0.2, 0.25) is 0 Å². The molecule has 12 heavy (non-hydrogen) atoms. The van der Waals surface area contributed by atoms with E-state index >= 15 is 0 Å². The maximum Gasteiger partial charge on any atom is 0.162 e. The van der Waals surface area contributed by atoms with E-state index in [9.17, 15) is 0 Å². The molecule has 0 aliphatic carbocycles. The third-order valence-electron chi connectivity index (χ3n) is 1.69. The molecule has 0 saturated carbocycles. The van der Waals surface area contributed by atoms with Crippen molar-refractivity contribution in [3.05, 3.63) is 11.5 Å². The molecule has 5 nitrogen and oxygen atoms in total. The van der Waals surface area contributed by atoms with E-state index in [-0.39, 0.29) is 5.84 Å². The minimum Gasteiger partial charge on any atom is -0.382 e. The van der Waals surface area contributed by atoms with Crippen LogP contribution in [0.2, 0.25) is 0 Å². The van der Waals surface area contributed by atoms with E-state index in [1.165, 1.54) is 0 Å². The number of hydrogen-bond acceptors (Lipinski definition) is 3. The van der Waals surface area contributed by atoms with Gasteiger partial charge in [-0.15, -0.1) is 0 Å². The number of rotatable bonds is 2. The normalized spacial score (nSPS) is 9.83. The van der Waals surface area contributed by atoms with Gasteiger partial charge in [-0.2, -0.15) is 0 Å². The molecule has 0 unspecified atom stereocenters. The lowest BCUT2D eigenvalue weighted by atomic mass is 10.4. The van der Waals surface area contributed by atoms with Gasteiger partial charge in [0.25, 0.3) is 0 Å². The maximum atomic E-state index is 7.20. The lowest BCUT2D eigenvalue weighted by Crippen LogP contribution is -2.11. The third-order valence-corrected chi connectivity index (χ3v) is 1.69. The Hall–Kier alpha value is -1.65. The van der Waals surface area contributed by atoms with Crippen LogP contribution in [-0.2, 0) is 7.05 Å². The molecule has 0 radical (unpaired) electrons. The van der Waals surface area contributed by atoms with Gasteiger partial charge in [0.15, 0.2) is 5.82 Å². The third kappa shape index (κ3) is 1.09. The smallest absolute Gasteiger partial charge is 0.162 e. The van der Waals surface area contributed by atoms with Crippen LogP contribution in [0.3, 0.4) is 0 Å². The molecule has 1 aromatic heterocycles. The number of nitrogens with one attached hydrogen (secondary N) is 1. The summed E-state index contributed by atoms with van der Waals surface area (Å²) in [6.07, 6.45) is 0. The Kier molecular flexibility index (Phi) is 1.95. The SMILES string of the molecule is C=Nc1c(C(=N)N)nc(C)n1C. The monoisotopic (exact) mass is 165 g/mol. The standard InChI is InChI=1S/C7H11N5/c1-4-11-5(6(8)9)7(10-2)12(4)3/h2H2,1,3H3,(H3,8,9). The minimum atomic E-state index is -0.0823. The van der Waals surface area contributed by atoms with E-state index in [4.69, 9.17) is 11.1 Å². The van der Waals surface area contributed by atoms with Crippen LogP contribution < -0.4 is 5.73 Å². The topological polar surface area (TPSA) is 80.1 Å². The highest BCUT2D eigenvalue weighted by Gasteiger charge is 2.12. The fourth-order valence-corrected chi connectivity index (χ4v) is 0.961. The van der Waals surface area contributed by atoms with Gasteiger partial charge in [-0.1, -0.05) is 0 Å². The quantitative estimate of drug-likeness (QED) is 0.489. The van der Waals surface area contributed by atoms with Crippen molar-refractivity contribution in [3.8, 4) is 0 Å². The molecule has 64 valence electrons. The van der Waals surface area contributed by atoms with E-state index in [0.717, 1.165) is 5.82 Å². The van der Waals surface area contributed by atoms with Crippen molar-refractivity contribution in [1.29, 1.82) is 5.41 Å². The summed E-state index contributed by atoms with van der Waals surface area (Å²) in [5.41, 5.74) is 5.69. The zero-order chi connectivity index (χ0) is 9.30. The number of aromatic nitrogens is 2. The highest BCUT2D eigenvalue weighted by Crippen LogP contribution is 2.17. The van der Waals surface area contributed by atoms with Crippen LogP contribution in [0, 0.1) is 12.3 Å². The molecule has 0 amide bonds. The number of nitrogens with two attached hydrogens (primary N) is 1. The summed E-state index contributed by atoms with van der Waals surface area (Å²) in [6, 6.07) is 0. The van der Waals surface area contributed by atoms with Crippen molar-refractivity contribution in [2.24, 2.45) is 17.8 Å². The largest absolute Gasteiger partial charge is 0.382 e. The molecule has 3 N–H and O–H groups in total. The van der Waals surface area contributed by atoms with Crippen LogP contribution >= 0.6 is 0 Å². The van der Waals surface area contributed by atoms with Gasteiger partial charge in [0, 0.05) is 7.05 Å². The van der Waals surface area contributed by atoms with Crippen molar-refractivity contribution in [2.45, 2.75) is 6.92 Å². The van der Waals surface area contributed by atoms with Crippen molar-refractivity contribution in [1.82, 2.24) is 9.55 Å². The second-order valence-electron chi connectivity index (χ2n) is 2.46. The van der Waals surface area contributed by atoms with Crippen molar-refractivity contribution < 1.29 is 0 Å². The van der Waals surface area contributed by atoms with Gasteiger partial charge < -0.3 is 10.3 Å². The van der Waals surface area contributed by atoms with Gasteiger partial charge in [-0.3, -0.25) is 5.41 Å². The van der Waals surface area contributed by atoms with E-state index in [1.807, 2.05) is 6.92 Å². The van der Waals surface area contributed by atoms with Crippen molar-refractivity contribution >= 4 is 18.4 Å². The Balaban J connectivity index is 3.39. The molecule has 0 spiro atoms. The predicted octanol–water partition coefficient (Wildman–Crippen LogP) is 0.345. The summed E-state index contributed by atoms with van der Waals surface area (Å²) in [5.74, 6) is 1.23. The molecule has 0 fully saturated rings. The van der Waals surface area contributed by atoms with Crippen LogP contribution in [0.5, 0.6) is 0 Å². The van der Waals surface area contributed by atoms with Gasteiger partial charge in [0.1, 0.15) is 17.4 Å². The van der Waals surface area contributed by atoms with E-state index < -0.39 is 0 Å². The first kappa shape index (κ1) is 8.45. The molecule has 5 heteroatoms. The van der Waals surface area contributed by atoms with Crippen LogP contribution in [0.4, 0.5) is 5.82 Å². The number of aliphatic imine (C=N–C) groups is 1. The number of nitrogen functional groups attached to an aromatic ring is 1. The van der Waals surface area contributed by atoms with E-state index in [1.54, 1.807) is 11.6 Å². The Morgan fingerprint density at radius 1 is 1.75 bits per heavy atom. The summed E-state index contributed by atoms with van der Waals surface area (Å²) < 4.78 is 1.74. The Morgan fingerprint density at radius 2 is 2.33 bits per heavy atom. The average Bonchev–Trinajstić information content (AvgIpc) is 2.29. The molecule has 0 aromatic carbocycles. The average molecular weight is 165 g/mol. The van der Waals surface area contributed by atoms with Gasteiger partial charge in [-0.05, 0) is 13.6 Å². The minimum absolute atomic E-state index is 0.0823. The number of aryl methyl sites for hydroxylation is 1. The summed E-state index contributed by atoms with van der Waals surface area (Å²) in [5, 5.41) is 7.20. The second kappa shape index (κ2) is 2.77. The van der Waals surface area contributed by atoms with Gasteiger partial charge in [0.05, 0.1) is 0 Å². The fourth-order valence-electron chi connectivity index (χ4n) is 0.961. The molecule has 0 saturated heterocycles. The summed E-state index contributed by atoms with van der Waals surface area (Å²) in [4.78, 5) is 7.80. The van der Waals surface area contributed by atoms with Gasteiger partial charge >= 0.3 is 0 Å². The lowest BCUT2D eigenvalue weighted by molar-refractivity contribution is 0.859. The molecule has 1 heterocycles. The second-order valence-corrected chi connectivity index (χ2v) is 2.46. The Bertz CT molecular complexity index is 336. The number of amidine groups is 1. The van der Waals surface area contributed by atoms with Crippen LogP contribution in [0.1, 0.15) is 11.5 Å². The molecule has 0 bridgehead atoms. The van der Waals surface area contributed by atoms with Crippen molar-refractivity contribution in [2.75, 3.05) is 0 Å². The van der Waals surface area contributed by atoms with E-state index in [0.29, 0.717) is 11.5 Å². The van der Waals surface area contributed by atoms with Crippen LogP contribution in [0.25, 0.3) is 0 Å². The summed E-state index contributed by atoms with van der Waals surface area (Å²) in [7, 11) is 1.80. The first-order chi connectivity index (χ1) is 5.57. The molecule has 1 aromatic rings. The predicted molar refractivity (Wildman–Crippen MR) is 48.2 cm³/mol. The lowest BCUT2D eigenvalue weighted by Gasteiger charge is -1.97. The Morgan fingerprint density at radius 3 is 2.67 bits per heavy atom. The first-order valence-corrected chi connectivity index (χ1v) is 3.42. The molecule has 1 rings (SSSR count). The highest BCUT2D eigenvalue weighted by atomic mass is 15.1. The van der Waals surface area contributed by atoms with E-state index in [2.05, 4.69) is 16.7 Å². The maximum absolute atomic E-state index is 7.20. The van der Waals surface area contributed by atoms with Crippen molar-refractivity contribution in [3.63, 3.8) is 0 Å². The summed E-state index contributed by atoms with van der Waals surface area (Å²) in [6.45, 7) is 5.21. The number of hydrogen-bond donors (Lipinski definition) is 2. The van der Waals surface area contributed by atoms with Gasteiger partial charge in [-0.25, -0.2) is 9.98 Å². The highest BCUT2D eigenvalue weighted by molar-refractivity contribution is 5.97. The zero-order valence-electron chi connectivity index (χ0n) is 7.13. The summed E-state index contributed by atoms with van der Waals surface area (Å²) >= 11 is 0. The van der Waals surface area contributed by atoms with Crippen LogP contribution in [-0.4, -0.2) is 22.1 Å². The molecular formula is C7H11N5. The molecule has 0 aliphatic rings. The fraction of sp³-hybridized carbons (Fsp3) is 0.286. The number of imidazole rings is 1. The molecule has 0 atom stereocenters. The molecular weight excluding hydrogens is 154 g/mol.